The number of ether oxygens (including phenoxy) is 1. The Morgan fingerprint density at radius 1 is 1.10 bits per heavy atom. The van der Waals surface area contributed by atoms with E-state index in [1.54, 1.807) is 31.2 Å². The van der Waals surface area contributed by atoms with Gasteiger partial charge in [-0.2, -0.15) is 0 Å². The van der Waals surface area contributed by atoms with E-state index < -0.39 is 17.9 Å². The van der Waals surface area contributed by atoms with E-state index in [-0.39, 0.29) is 30.0 Å². The lowest BCUT2D eigenvalue weighted by atomic mass is 10.1. The van der Waals surface area contributed by atoms with E-state index in [1.807, 2.05) is 6.92 Å². The second-order valence-electron chi connectivity index (χ2n) is 7.11. The first kappa shape index (κ1) is 24.3. The highest BCUT2D eigenvalue weighted by Gasteiger charge is 2.42. The van der Waals surface area contributed by atoms with Crippen LogP contribution in [-0.4, -0.2) is 58.4 Å². The summed E-state index contributed by atoms with van der Waals surface area (Å²) < 4.78 is 4.92. The third kappa shape index (κ3) is 6.48. The average Bonchev–Trinajstić information content (AvgIpc) is 2.93. The lowest BCUT2D eigenvalue weighted by molar-refractivity contribution is -0.132. The number of likely N-dealkylation sites (N-methyl/N-ethyl adjacent to an activating group) is 1. The zero-order chi connectivity index (χ0) is 23.0. The van der Waals surface area contributed by atoms with Crippen LogP contribution in [0.3, 0.4) is 0 Å². The van der Waals surface area contributed by atoms with Crippen molar-refractivity contribution in [1.82, 2.24) is 15.3 Å². The predicted molar refractivity (Wildman–Crippen MR) is 119 cm³/mol. The van der Waals surface area contributed by atoms with Crippen molar-refractivity contribution in [3.8, 4) is 0 Å². The fourth-order valence-electron chi connectivity index (χ4n) is 3.04. The molecular weight excluding hydrogens is 420 g/mol. The summed E-state index contributed by atoms with van der Waals surface area (Å²) in [5, 5.41) is 4.12. The van der Waals surface area contributed by atoms with Crippen molar-refractivity contribution < 1.29 is 23.9 Å². The second-order valence-corrected chi connectivity index (χ2v) is 7.47. The highest BCUT2D eigenvalue weighted by atomic mass is 32.1. The topological polar surface area (TPSA) is 108 Å². The summed E-state index contributed by atoms with van der Waals surface area (Å²) in [5.74, 6) is -1.49. The minimum absolute atomic E-state index is 0.144. The summed E-state index contributed by atoms with van der Waals surface area (Å²) in [6.07, 6.45) is 2.77. The number of nitrogens with one attached hydrogen (secondary N) is 2. The molecule has 1 aliphatic rings. The quantitative estimate of drug-likeness (QED) is 0.321. The summed E-state index contributed by atoms with van der Waals surface area (Å²) in [6.45, 7) is 4.03. The molecule has 1 fully saturated rings. The number of thiocarbonyl (C=S) groups is 1. The Bertz CT molecular complexity index is 843. The number of nitrogens with zero attached hydrogens (tertiary/aromatic N) is 2. The number of hydrogen-bond donors (Lipinski definition) is 2. The van der Waals surface area contributed by atoms with Gasteiger partial charge in [-0.15, -0.1) is 0 Å². The van der Waals surface area contributed by atoms with E-state index >= 15 is 0 Å². The highest BCUT2D eigenvalue weighted by molar-refractivity contribution is 7.80. The molecule has 1 heterocycles. The van der Waals surface area contributed by atoms with Crippen LogP contribution in [0.15, 0.2) is 24.3 Å². The highest BCUT2D eigenvalue weighted by Crippen LogP contribution is 2.19. The molecule has 10 heteroatoms. The average molecular weight is 449 g/mol. The molecule has 0 aromatic heterocycles. The molecule has 9 nitrogen and oxygen atoms in total. The van der Waals surface area contributed by atoms with Gasteiger partial charge in [0.15, 0.2) is 5.11 Å². The fourth-order valence-corrected chi connectivity index (χ4v) is 3.31. The van der Waals surface area contributed by atoms with Crippen LogP contribution in [0.5, 0.6) is 0 Å². The van der Waals surface area contributed by atoms with E-state index in [1.165, 1.54) is 17.0 Å². The number of hydrogen-bond acceptors (Lipinski definition) is 6. The van der Waals surface area contributed by atoms with Gasteiger partial charge in [0.1, 0.15) is 6.04 Å². The predicted octanol–water partition coefficient (Wildman–Crippen LogP) is 2.23. The minimum atomic E-state index is -0.925. The number of benzene rings is 1. The molecule has 168 valence electrons. The van der Waals surface area contributed by atoms with E-state index in [2.05, 4.69) is 10.7 Å². The number of rotatable bonds is 10. The van der Waals surface area contributed by atoms with Crippen LogP contribution in [0.4, 0.5) is 5.69 Å². The molecule has 2 rings (SSSR count). The molecule has 1 unspecified atom stereocenters. The van der Waals surface area contributed by atoms with Crippen LogP contribution in [-0.2, 0) is 19.1 Å². The van der Waals surface area contributed by atoms with Crippen LogP contribution in [0.25, 0.3) is 0 Å². The summed E-state index contributed by atoms with van der Waals surface area (Å²) in [5.41, 5.74) is 3.50. The maximum absolute atomic E-state index is 12.6. The molecule has 1 saturated heterocycles. The molecule has 0 bridgehead atoms. The summed E-state index contributed by atoms with van der Waals surface area (Å²) in [7, 11) is 1.51. The first-order chi connectivity index (χ1) is 14.8. The van der Waals surface area contributed by atoms with Crippen molar-refractivity contribution in [1.29, 1.82) is 0 Å². The summed E-state index contributed by atoms with van der Waals surface area (Å²) in [6, 6.07) is 5.31. The van der Waals surface area contributed by atoms with Gasteiger partial charge >= 0.3 is 5.97 Å². The van der Waals surface area contributed by atoms with Crippen molar-refractivity contribution in [3.63, 3.8) is 0 Å². The largest absolute Gasteiger partial charge is 0.462 e. The molecule has 1 aromatic rings. The Morgan fingerprint density at radius 2 is 1.77 bits per heavy atom. The molecule has 1 aromatic carbocycles. The molecular formula is C21H28N4O5S. The smallest absolute Gasteiger partial charge is 0.338 e. The Balaban J connectivity index is 2.00. The van der Waals surface area contributed by atoms with Crippen molar-refractivity contribution in [2.24, 2.45) is 0 Å². The second kappa shape index (κ2) is 11.4. The first-order valence-electron chi connectivity index (χ1n) is 10.3. The fraction of sp³-hybridized carbons (Fsp3) is 0.476. The molecule has 0 saturated carbocycles. The van der Waals surface area contributed by atoms with Gasteiger partial charge in [0.25, 0.3) is 5.91 Å². The lowest BCUT2D eigenvalue weighted by Gasteiger charge is -2.24. The van der Waals surface area contributed by atoms with Gasteiger partial charge in [-0.05, 0) is 49.8 Å². The number of carbonyl (C=O) groups is 4. The normalized spacial score (nSPS) is 15.8. The first-order valence-corrected chi connectivity index (χ1v) is 10.7. The number of hydrazine groups is 1. The van der Waals surface area contributed by atoms with E-state index in [0.717, 1.165) is 19.3 Å². The molecule has 1 atom stereocenters. The minimum Gasteiger partial charge on any atom is -0.462 e. The van der Waals surface area contributed by atoms with Gasteiger partial charge in [0.2, 0.25) is 11.8 Å². The van der Waals surface area contributed by atoms with E-state index in [9.17, 15) is 19.2 Å². The van der Waals surface area contributed by atoms with Gasteiger partial charge in [0.05, 0.1) is 18.6 Å². The SMILES string of the molecule is CCCCCC(=O)NN1C(=S)N(C)C(=O)C1CC(=O)Nc1ccc(C(=O)OCC)cc1. The van der Waals surface area contributed by atoms with Crippen molar-refractivity contribution in [3.05, 3.63) is 29.8 Å². The van der Waals surface area contributed by atoms with E-state index in [4.69, 9.17) is 17.0 Å². The maximum atomic E-state index is 12.6. The number of carbonyl (C=O) groups excluding carboxylic acids is 4. The van der Waals surface area contributed by atoms with Crippen LogP contribution < -0.4 is 10.7 Å². The monoisotopic (exact) mass is 448 g/mol. The standard InChI is InChI=1S/C21H28N4O5S/c1-4-6-7-8-17(26)23-25-16(19(28)24(3)21(25)31)13-18(27)22-15-11-9-14(10-12-15)20(29)30-5-2/h9-12,16H,4-8,13H2,1-3H3,(H,22,27)(H,23,26). The van der Waals surface area contributed by atoms with Crippen molar-refractivity contribution in [2.45, 2.75) is 52.0 Å². The molecule has 0 spiro atoms. The van der Waals surface area contributed by atoms with Crippen molar-refractivity contribution >= 4 is 46.7 Å². The van der Waals surface area contributed by atoms with Gasteiger partial charge in [-0.1, -0.05) is 19.8 Å². The van der Waals surface area contributed by atoms with Gasteiger partial charge in [0, 0.05) is 19.2 Å². The summed E-state index contributed by atoms with van der Waals surface area (Å²) >= 11 is 5.25. The molecule has 0 radical (unpaired) electrons. The Labute approximate surface area is 187 Å². The molecule has 3 amide bonds. The van der Waals surface area contributed by atoms with Crippen LogP contribution in [0.1, 0.15) is 56.3 Å². The number of unbranched alkanes of at least 4 members (excludes halogenated alkanes) is 2. The van der Waals surface area contributed by atoms with Crippen molar-refractivity contribution in [2.75, 3.05) is 19.0 Å². The van der Waals surface area contributed by atoms with Crippen LogP contribution >= 0.6 is 12.2 Å². The van der Waals surface area contributed by atoms with E-state index in [0.29, 0.717) is 17.7 Å². The van der Waals surface area contributed by atoms with Gasteiger partial charge in [-0.25, -0.2) is 9.80 Å². The van der Waals surface area contributed by atoms with Crippen LogP contribution in [0.2, 0.25) is 0 Å². The Morgan fingerprint density at radius 3 is 2.39 bits per heavy atom. The molecule has 0 aliphatic carbocycles. The van der Waals surface area contributed by atoms with Gasteiger partial charge < -0.3 is 10.1 Å². The van der Waals surface area contributed by atoms with Crippen LogP contribution in [0, 0.1) is 0 Å². The molecule has 1 aliphatic heterocycles. The summed E-state index contributed by atoms with van der Waals surface area (Å²) in [4.78, 5) is 50.2. The third-order valence-corrected chi connectivity index (χ3v) is 5.20. The molecule has 31 heavy (non-hydrogen) atoms. The zero-order valence-corrected chi connectivity index (χ0v) is 18.8. The Kier molecular flexibility index (Phi) is 8.92. The maximum Gasteiger partial charge on any atom is 0.338 e. The lowest BCUT2D eigenvalue weighted by Crippen LogP contribution is -2.49. The zero-order valence-electron chi connectivity index (χ0n) is 18.0. The number of amides is 3. The number of anilines is 1. The molecule has 2 N–H and O–H groups in total. The van der Waals surface area contributed by atoms with Gasteiger partial charge in [-0.3, -0.25) is 24.7 Å². The Hall–Kier alpha value is -3.01. The third-order valence-electron chi connectivity index (χ3n) is 4.73. The number of esters is 1.